The summed E-state index contributed by atoms with van der Waals surface area (Å²) in [6.45, 7) is 3.95. The number of hydrazone groups is 1. The number of para-hydroxylation sites is 1. The normalized spacial score (nSPS) is 19.3. The lowest BCUT2D eigenvalue weighted by molar-refractivity contribution is -0.124. The van der Waals surface area contributed by atoms with Crippen molar-refractivity contribution in [1.29, 1.82) is 0 Å². The average Bonchev–Trinajstić information content (AvgIpc) is 3.20. The summed E-state index contributed by atoms with van der Waals surface area (Å²) in [5.41, 5.74) is 1.24. The van der Waals surface area contributed by atoms with Crippen molar-refractivity contribution in [2.24, 2.45) is 5.10 Å². The van der Waals surface area contributed by atoms with Gasteiger partial charge in [-0.15, -0.1) is 0 Å². The van der Waals surface area contributed by atoms with Crippen molar-refractivity contribution in [1.82, 2.24) is 9.88 Å². The Morgan fingerprint density at radius 1 is 1.03 bits per heavy atom. The minimum Gasteiger partial charge on any atom is -0.352 e. The zero-order valence-electron chi connectivity index (χ0n) is 16.2. The summed E-state index contributed by atoms with van der Waals surface area (Å²) in [4.78, 5) is 33.4. The molecule has 29 heavy (non-hydrogen) atoms. The summed E-state index contributed by atoms with van der Waals surface area (Å²) < 4.78 is 0. The van der Waals surface area contributed by atoms with E-state index in [1.807, 2.05) is 36.4 Å². The van der Waals surface area contributed by atoms with E-state index in [9.17, 15) is 9.59 Å². The van der Waals surface area contributed by atoms with E-state index >= 15 is 0 Å². The number of nitrogens with zero attached hydrogens (tertiary/aromatic N) is 5. The van der Waals surface area contributed by atoms with Gasteiger partial charge in [-0.05, 0) is 31.2 Å². The zero-order valence-corrected chi connectivity index (χ0v) is 16.9. The number of hydrogen-bond acceptors (Lipinski definition) is 6. The maximum atomic E-state index is 13.1. The first-order valence-electron chi connectivity index (χ1n) is 9.61. The quantitative estimate of drug-likeness (QED) is 0.773. The van der Waals surface area contributed by atoms with E-state index in [0.29, 0.717) is 43.3 Å². The molecule has 1 amide bonds. The fraction of sp³-hybridized carbons (Fsp3) is 0.333. The molecule has 0 radical (unpaired) electrons. The number of carbonyl (C=O) groups excluding carboxylic acids is 2. The maximum Gasteiger partial charge on any atom is 0.270 e. The summed E-state index contributed by atoms with van der Waals surface area (Å²) in [7, 11) is 0. The Morgan fingerprint density at radius 3 is 2.41 bits per heavy atom. The molecule has 1 atom stereocenters. The molecule has 2 aliphatic heterocycles. The zero-order chi connectivity index (χ0) is 20.4. The van der Waals surface area contributed by atoms with Crippen LogP contribution in [0.4, 0.5) is 11.5 Å². The fourth-order valence-electron chi connectivity index (χ4n) is 3.69. The number of aromatic nitrogens is 1. The van der Waals surface area contributed by atoms with Crippen molar-refractivity contribution in [3.05, 3.63) is 53.7 Å². The van der Waals surface area contributed by atoms with Gasteiger partial charge >= 0.3 is 0 Å². The minimum atomic E-state index is -0.440. The number of hydrogen-bond donors (Lipinski definition) is 0. The van der Waals surface area contributed by atoms with Crippen LogP contribution in [0.2, 0.25) is 5.02 Å². The van der Waals surface area contributed by atoms with Crippen LogP contribution in [0.15, 0.2) is 53.8 Å². The summed E-state index contributed by atoms with van der Waals surface area (Å²) in [6, 6.07) is 12.6. The van der Waals surface area contributed by atoms with Crippen LogP contribution in [0, 0.1) is 0 Å². The Labute approximate surface area is 174 Å². The summed E-state index contributed by atoms with van der Waals surface area (Å²) in [5, 5.41) is 6.79. The summed E-state index contributed by atoms with van der Waals surface area (Å²) in [6.07, 6.45) is 2.04. The molecule has 0 spiro atoms. The van der Waals surface area contributed by atoms with E-state index < -0.39 is 6.04 Å². The number of Topliss-reactive ketones (excluding diaryl/α,β-unsaturated/α-hetero) is 1. The van der Waals surface area contributed by atoms with Gasteiger partial charge in [-0.3, -0.25) is 14.6 Å². The third-order valence-corrected chi connectivity index (χ3v) is 5.55. The second kappa shape index (κ2) is 8.21. The molecule has 1 fully saturated rings. The molecule has 7 nitrogen and oxygen atoms in total. The van der Waals surface area contributed by atoms with Gasteiger partial charge in [-0.2, -0.15) is 5.10 Å². The van der Waals surface area contributed by atoms with Crippen molar-refractivity contribution in [2.75, 3.05) is 36.1 Å². The van der Waals surface area contributed by atoms with Crippen molar-refractivity contribution in [2.45, 2.75) is 19.4 Å². The lowest BCUT2D eigenvalue weighted by Gasteiger charge is -2.35. The molecule has 1 saturated heterocycles. The largest absolute Gasteiger partial charge is 0.352 e. The van der Waals surface area contributed by atoms with E-state index in [-0.39, 0.29) is 11.7 Å². The predicted molar refractivity (Wildman–Crippen MR) is 113 cm³/mol. The smallest absolute Gasteiger partial charge is 0.270 e. The third kappa shape index (κ3) is 3.96. The summed E-state index contributed by atoms with van der Waals surface area (Å²) >= 11 is 6.24. The van der Waals surface area contributed by atoms with Gasteiger partial charge in [0.2, 0.25) is 0 Å². The Bertz CT molecular complexity index is 941. The van der Waals surface area contributed by atoms with Gasteiger partial charge in [0.25, 0.3) is 5.91 Å². The number of anilines is 2. The third-order valence-electron chi connectivity index (χ3n) is 5.25. The number of piperazine rings is 1. The van der Waals surface area contributed by atoms with Gasteiger partial charge in [0.15, 0.2) is 5.78 Å². The molecule has 1 unspecified atom stereocenters. The molecule has 4 rings (SSSR count). The van der Waals surface area contributed by atoms with Crippen LogP contribution in [0.1, 0.15) is 13.3 Å². The molecule has 2 aliphatic rings. The minimum absolute atomic E-state index is 0.00461. The Balaban J connectivity index is 1.46. The molecule has 0 bridgehead atoms. The molecular formula is C21H22ClN5O2. The average molecular weight is 412 g/mol. The first-order chi connectivity index (χ1) is 14.0. The first-order valence-corrected chi connectivity index (χ1v) is 9.99. The monoisotopic (exact) mass is 411 g/mol. The highest BCUT2D eigenvalue weighted by molar-refractivity contribution is 6.40. The number of carbonyl (C=O) groups is 2. The van der Waals surface area contributed by atoms with Crippen molar-refractivity contribution in [3.8, 4) is 0 Å². The Hall–Kier alpha value is -2.93. The number of amides is 1. The molecule has 2 aromatic rings. The second-order valence-corrected chi connectivity index (χ2v) is 7.55. The van der Waals surface area contributed by atoms with Crippen LogP contribution in [-0.4, -0.2) is 59.5 Å². The molecule has 0 saturated carbocycles. The predicted octanol–water partition coefficient (Wildman–Crippen LogP) is 2.61. The maximum absolute atomic E-state index is 13.1. The van der Waals surface area contributed by atoms with Gasteiger partial charge in [0, 0.05) is 38.8 Å². The van der Waals surface area contributed by atoms with Crippen molar-refractivity contribution < 1.29 is 9.59 Å². The molecule has 3 heterocycles. The van der Waals surface area contributed by atoms with Gasteiger partial charge < -0.3 is 9.80 Å². The van der Waals surface area contributed by atoms with Gasteiger partial charge in [-0.25, -0.2) is 4.98 Å². The number of rotatable bonds is 4. The van der Waals surface area contributed by atoms with Crippen LogP contribution < -0.4 is 9.91 Å². The molecule has 0 N–H and O–H groups in total. The molecular weight excluding hydrogens is 390 g/mol. The van der Waals surface area contributed by atoms with Crippen LogP contribution >= 0.6 is 11.6 Å². The fourth-order valence-corrected chi connectivity index (χ4v) is 3.93. The number of pyridine rings is 1. The molecule has 0 aliphatic carbocycles. The SMILES string of the molecule is CC(=O)C1CC(C(=O)N2CCN(c3ncccc3Cl)CC2)=NN1c1ccccc1. The van der Waals surface area contributed by atoms with E-state index in [4.69, 9.17) is 11.6 Å². The molecule has 1 aromatic heterocycles. The van der Waals surface area contributed by atoms with E-state index in [2.05, 4.69) is 15.0 Å². The van der Waals surface area contributed by atoms with E-state index in [1.165, 1.54) is 0 Å². The highest BCUT2D eigenvalue weighted by atomic mass is 35.5. The highest BCUT2D eigenvalue weighted by Gasteiger charge is 2.36. The topological polar surface area (TPSA) is 69.1 Å². The Morgan fingerprint density at radius 2 is 1.76 bits per heavy atom. The van der Waals surface area contributed by atoms with Crippen LogP contribution in [-0.2, 0) is 9.59 Å². The van der Waals surface area contributed by atoms with Crippen LogP contribution in [0.25, 0.3) is 0 Å². The summed E-state index contributed by atoms with van der Waals surface area (Å²) in [5.74, 6) is 0.628. The van der Waals surface area contributed by atoms with E-state index in [1.54, 1.807) is 29.1 Å². The number of ketones is 1. The highest BCUT2D eigenvalue weighted by Crippen LogP contribution is 2.27. The van der Waals surface area contributed by atoms with E-state index in [0.717, 1.165) is 11.5 Å². The lowest BCUT2D eigenvalue weighted by atomic mass is 10.1. The van der Waals surface area contributed by atoms with Crippen LogP contribution in [0.5, 0.6) is 0 Å². The van der Waals surface area contributed by atoms with Crippen molar-refractivity contribution in [3.63, 3.8) is 0 Å². The van der Waals surface area contributed by atoms with Crippen molar-refractivity contribution >= 4 is 40.5 Å². The van der Waals surface area contributed by atoms with Gasteiger partial charge in [0.05, 0.1) is 10.7 Å². The van der Waals surface area contributed by atoms with Gasteiger partial charge in [0.1, 0.15) is 17.6 Å². The Kier molecular flexibility index (Phi) is 5.49. The lowest BCUT2D eigenvalue weighted by Crippen LogP contribution is -2.51. The van der Waals surface area contributed by atoms with Crippen LogP contribution in [0.3, 0.4) is 0 Å². The second-order valence-electron chi connectivity index (χ2n) is 7.15. The van der Waals surface area contributed by atoms with Gasteiger partial charge in [-0.1, -0.05) is 29.8 Å². The molecule has 8 heteroatoms. The standard InChI is InChI=1S/C21H22ClN5O2/c1-15(28)19-14-18(24-27(19)16-6-3-2-4-7-16)21(29)26-12-10-25(11-13-26)20-17(22)8-5-9-23-20/h2-9,19H,10-14H2,1H3. The number of benzene rings is 1. The number of halogens is 1. The molecule has 150 valence electrons. The molecule has 1 aromatic carbocycles. The first kappa shape index (κ1) is 19.4.